The van der Waals surface area contributed by atoms with Crippen molar-refractivity contribution in [2.24, 2.45) is 0 Å². The van der Waals surface area contributed by atoms with Gasteiger partial charge in [-0.3, -0.25) is 10.1 Å². The van der Waals surface area contributed by atoms with Crippen LogP contribution in [0.2, 0.25) is 0 Å². The van der Waals surface area contributed by atoms with Crippen LogP contribution in [-0.4, -0.2) is 21.2 Å². The molecule has 0 saturated heterocycles. The van der Waals surface area contributed by atoms with Gasteiger partial charge in [-0.05, 0) is 18.9 Å². The molecule has 0 spiro atoms. The summed E-state index contributed by atoms with van der Waals surface area (Å²) in [5, 5.41) is 22.9. The molecule has 0 unspecified atom stereocenters. The van der Waals surface area contributed by atoms with Gasteiger partial charge in [0, 0.05) is 12.1 Å². The van der Waals surface area contributed by atoms with Crippen LogP contribution in [0.5, 0.6) is 0 Å². The summed E-state index contributed by atoms with van der Waals surface area (Å²) < 4.78 is 14.5. The number of nitrogens with one attached hydrogen (secondary N) is 1. The molecule has 1 aliphatic rings. The first-order chi connectivity index (χ1) is 11.1. The Balaban J connectivity index is 1.65. The van der Waals surface area contributed by atoms with Gasteiger partial charge < -0.3 is 5.32 Å². The average molecular weight is 354 g/mol. The molecule has 0 amide bonds. The maximum atomic E-state index is 13.9. The quantitative estimate of drug-likeness (QED) is 0.630. The van der Waals surface area contributed by atoms with Crippen molar-refractivity contribution in [1.29, 1.82) is 0 Å². The van der Waals surface area contributed by atoms with Crippen LogP contribution in [0.1, 0.15) is 32.1 Å². The molecule has 0 bridgehead atoms. The van der Waals surface area contributed by atoms with Crippen LogP contribution in [0.25, 0.3) is 0 Å². The fourth-order valence-corrected chi connectivity index (χ4v) is 4.30. The van der Waals surface area contributed by atoms with Crippen molar-refractivity contribution in [2.75, 3.05) is 5.32 Å². The largest absolute Gasteiger partial charge is 0.357 e. The van der Waals surface area contributed by atoms with Gasteiger partial charge in [-0.25, -0.2) is 4.39 Å². The molecule has 23 heavy (non-hydrogen) atoms. The predicted molar refractivity (Wildman–Crippen MR) is 87.6 cm³/mol. The highest BCUT2D eigenvalue weighted by Gasteiger charge is 2.17. The topological polar surface area (TPSA) is 81.0 Å². The molecule has 1 saturated carbocycles. The van der Waals surface area contributed by atoms with Gasteiger partial charge in [0.2, 0.25) is 5.13 Å². The lowest BCUT2D eigenvalue weighted by Gasteiger charge is -2.21. The fourth-order valence-electron chi connectivity index (χ4n) is 2.51. The zero-order valence-electron chi connectivity index (χ0n) is 12.2. The van der Waals surface area contributed by atoms with Gasteiger partial charge >= 0.3 is 0 Å². The summed E-state index contributed by atoms with van der Waals surface area (Å²) in [6.07, 6.45) is 6.02. The molecule has 6 nitrogen and oxygen atoms in total. The number of anilines is 1. The normalized spacial score (nSPS) is 15.5. The molecule has 1 aromatic heterocycles. The number of nitro groups is 1. The van der Waals surface area contributed by atoms with E-state index in [1.807, 2.05) is 0 Å². The van der Waals surface area contributed by atoms with Crippen LogP contribution < -0.4 is 5.32 Å². The second-order valence-corrected chi connectivity index (χ2v) is 7.59. The molecule has 1 N–H and O–H groups in total. The zero-order chi connectivity index (χ0) is 16.2. The van der Waals surface area contributed by atoms with Crippen molar-refractivity contribution in [1.82, 2.24) is 10.2 Å². The standard InChI is InChI=1S/C14H15FN4O2S2/c15-11-8-10(19(20)21)6-7-12(11)22-14-18-17-13(23-14)16-9-4-2-1-3-5-9/h6-9H,1-5H2,(H,16,17). The maximum Gasteiger partial charge on any atom is 0.272 e. The third-order valence-electron chi connectivity index (χ3n) is 3.66. The number of nitro benzene ring substituents is 1. The molecule has 1 heterocycles. The molecule has 3 rings (SSSR count). The number of halogens is 1. The number of hydrogen-bond donors (Lipinski definition) is 1. The van der Waals surface area contributed by atoms with E-state index in [0.29, 0.717) is 15.3 Å². The van der Waals surface area contributed by atoms with Crippen molar-refractivity contribution in [3.8, 4) is 0 Å². The van der Waals surface area contributed by atoms with E-state index in [0.717, 1.165) is 35.8 Å². The van der Waals surface area contributed by atoms with Crippen molar-refractivity contribution in [3.63, 3.8) is 0 Å². The van der Waals surface area contributed by atoms with E-state index in [1.165, 1.54) is 42.7 Å². The van der Waals surface area contributed by atoms with E-state index in [-0.39, 0.29) is 5.69 Å². The average Bonchev–Trinajstić information content (AvgIpc) is 2.97. The summed E-state index contributed by atoms with van der Waals surface area (Å²) in [6.45, 7) is 0. The van der Waals surface area contributed by atoms with E-state index in [9.17, 15) is 14.5 Å². The Morgan fingerprint density at radius 2 is 2.09 bits per heavy atom. The monoisotopic (exact) mass is 354 g/mol. The molecule has 2 aromatic rings. The maximum absolute atomic E-state index is 13.9. The van der Waals surface area contributed by atoms with Gasteiger partial charge in [0.05, 0.1) is 15.9 Å². The van der Waals surface area contributed by atoms with Crippen LogP contribution in [0.4, 0.5) is 15.2 Å². The van der Waals surface area contributed by atoms with Gasteiger partial charge in [-0.15, -0.1) is 10.2 Å². The summed E-state index contributed by atoms with van der Waals surface area (Å²) in [5.41, 5.74) is -0.260. The Bertz CT molecular complexity index is 704. The highest BCUT2D eigenvalue weighted by molar-refractivity contribution is 8.01. The minimum atomic E-state index is -0.624. The fraction of sp³-hybridized carbons (Fsp3) is 0.429. The summed E-state index contributed by atoms with van der Waals surface area (Å²) in [6, 6.07) is 4.04. The van der Waals surface area contributed by atoms with E-state index < -0.39 is 10.7 Å². The second kappa shape index (κ2) is 7.22. The Morgan fingerprint density at radius 1 is 1.30 bits per heavy atom. The second-order valence-electron chi connectivity index (χ2n) is 5.33. The van der Waals surface area contributed by atoms with Gasteiger partial charge in [0.15, 0.2) is 4.34 Å². The molecule has 0 atom stereocenters. The summed E-state index contributed by atoms with van der Waals surface area (Å²) in [7, 11) is 0. The first-order valence-electron chi connectivity index (χ1n) is 7.33. The van der Waals surface area contributed by atoms with Gasteiger partial charge in [0.25, 0.3) is 5.69 Å². The third-order valence-corrected chi connectivity index (χ3v) is 5.62. The number of rotatable bonds is 5. The molecule has 0 aliphatic heterocycles. The Hall–Kier alpha value is -1.74. The highest BCUT2D eigenvalue weighted by Crippen LogP contribution is 2.35. The third kappa shape index (κ3) is 4.17. The lowest BCUT2D eigenvalue weighted by Crippen LogP contribution is -2.21. The van der Waals surface area contributed by atoms with Crippen LogP contribution in [0.3, 0.4) is 0 Å². The van der Waals surface area contributed by atoms with Crippen molar-refractivity contribution >= 4 is 33.9 Å². The number of hydrogen-bond acceptors (Lipinski definition) is 7. The molecular formula is C14H15FN4O2S2. The van der Waals surface area contributed by atoms with E-state index >= 15 is 0 Å². The number of nitrogens with zero attached hydrogens (tertiary/aromatic N) is 3. The first kappa shape index (κ1) is 16.1. The number of aromatic nitrogens is 2. The van der Waals surface area contributed by atoms with Crippen molar-refractivity contribution < 1.29 is 9.31 Å². The van der Waals surface area contributed by atoms with E-state index in [1.54, 1.807) is 0 Å². The van der Waals surface area contributed by atoms with Crippen molar-refractivity contribution in [2.45, 2.75) is 47.4 Å². The van der Waals surface area contributed by atoms with Crippen LogP contribution in [0, 0.1) is 15.9 Å². The SMILES string of the molecule is O=[N+]([O-])c1ccc(Sc2nnc(NC3CCCCC3)s2)c(F)c1. The first-order valence-corrected chi connectivity index (χ1v) is 8.97. The van der Waals surface area contributed by atoms with Gasteiger partial charge in [0.1, 0.15) is 5.82 Å². The number of non-ortho nitro benzene ring substituents is 1. The molecule has 0 radical (unpaired) electrons. The minimum absolute atomic E-state index is 0.260. The Kier molecular flexibility index (Phi) is 5.06. The lowest BCUT2D eigenvalue weighted by molar-refractivity contribution is -0.385. The Labute approximate surface area is 140 Å². The number of benzene rings is 1. The molecule has 1 aromatic carbocycles. The molecule has 9 heteroatoms. The van der Waals surface area contributed by atoms with Crippen LogP contribution >= 0.6 is 23.1 Å². The smallest absolute Gasteiger partial charge is 0.272 e. The van der Waals surface area contributed by atoms with Crippen molar-refractivity contribution in [3.05, 3.63) is 34.1 Å². The zero-order valence-corrected chi connectivity index (χ0v) is 13.8. The van der Waals surface area contributed by atoms with Gasteiger partial charge in [-0.2, -0.15) is 0 Å². The molecule has 1 fully saturated rings. The summed E-state index contributed by atoms with van der Waals surface area (Å²) >= 11 is 2.49. The Morgan fingerprint density at radius 3 is 2.78 bits per heavy atom. The summed E-state index contributed by atoms with van der Waals surface area (Å²) in [4.78, 5) is 10.3. The predicted octanol–water partition coefficient (Wildman–Crippen LogP) is 4.48. The van der Waals surface area contributed by atoms with E-state index in [2.05, 4.69) is 15.5 Å². The minimum Gasteiger partial charge on any atom is -0.357 e. The summed E-state index contributed by atoms with van der Waals surface area (Å²) in [5.74, 6) is -0.624. The highest BCUT2D eigenvalue weighted by atomic mass is 32.2. The molecule has 122 valence electrons. The van der Waals surface area contributed by atoms with E-state index in [4.69, 9.17) is 0 Å². The van der Waals surface area contributed by atoms with Gasteiger partial charge in [-0.1, -0.05) is 42.4 Å². The lowest BCUT2D eigenvalue weighted by atomic mass is 9.96. The van der Waals surface area contributed by atoms with Crippen LogP contribution in [-0.2, 0) is 0 Å². The molecular weight excluding hydrogens is 339 g/mol. The van der Waals surface area contributed by atoms with Crippen LogP contribution in [0.15, 0.2) is 27.4 Å². The molecule has 1 aliphatic carbocycles.